The molecule has 6 heteroatoms. The predicted octanol–water partition coefficient (Wildman–Crippen LogP) is 2.59. The zero-order chi connectivity index (χ0) is 16.8. The number of rotatable bonds is 5. The molecule has 3 rings (SSSR count). The topological polar surface area (TPSA) is 67.4 Å². The molecule has 0 bridgehead atoms. The highest BCUT2D eigenvalue weighted by Gasteiger charge is 2.24. The molecule has 1 aliphatic heterocycles. The van der Waals surface area contributed by atoms with Crippen molar-refractivity contribution in [3.8, 4) is 5.88 Å². The molecule has 2 aromatic rings. The van der Waals surface area contributed by atoms with E-state index in [4.69, 9.17) is 4.74 Å². The number of hydrogen-bond acceptors (Lipinski definition) is 5. The second-order valence-electron chi connectivity index (χ2n) is 5.72. The number of likely N-dealkylation sites (tertiary alicyclic amines) is 1. The van der Waals surface area contributed by atoms with Gasteiger partial charge in [-0.3, -0.25) is 4.79 Å². The Labute approximate surface area is 141 Å². The molecule has 24 heavy (non-hydrogen) atoms. The van der Waals surface area contributed by atoms with E-state index in [1.807, 2.05) is 42.2 Å². The number of aromatic nitrogens is 2. The Bertz CT molecular complexity index is 670. The van der Waals surface area contributed by atoms with E-state index in [0.717, 1.165) is 31.5 Å². The van der Waals surface area contributed by atoms with E-state index in [9.17, 15) is 4.79 Å². The van der Waals surface area contributed by atoms with E-state index in [1.54, 1.807) is 12.4 Å². The summed E-state index contributed by atoms with van der Waals surface area (Å²) in [5.74, 6) is 1.30. The second-order valence-corrected chi connectivity index (χ2v) is 5.72. The summed E-state index contributed by atoms with van der Waals surface area (Å²) in [6, 6.07) is 9.70. The van der Waals surface area contributed by atoms with E-state index < -0.39 is 0 Å². The largest absolute Gasteiger partial charge is 0.475 e. The third-order valence-electron chi connectivity index (χ3n) is 4.09. The van der Waals surface area contributed by atoms with Crippen molar-refractivity contribution in [1.29, 1.82) is 0 Å². The zero-order valence-electron chi connectivity index (χ0n) is 13.8. The Balaban J connectivity index is 1.57. The summed E-state index contributed by atoms with van der Waals surface area (Å²) < 4.78 is 5.50. The highest BCUT2D eigenvalue weighted by Crippen LogP contribution is 2.22. The molecule has 2 heterocycles. The molecule has 6 nitrogen and oxygen atoms in total. The first-order valence-corrected chi connectivity index (χ1v) is 8.32. The molecule has 1 aliphatic rings. The fourth-order valence-electron chi connectivity index (χ4n) is 2.85. The van der Waals surface area contributed by atoms with E-state index in [2.05, 4.69) is 15.3 Å². The van der Waals surface area contributed by atoms with Crippen LogP contribution in [0, 0.1) is 0 Å². The summed E-state index contributed by atoms with van der Waals surface area (Å²) in [5.41, 5.74) is 0.747. The molecule has 0 atom stereocenters. The Morgan fingerprint density at radius 3 is 2.62 bits per heavy atom. The van der Waals surface area contributed by atoms with Crippen molar-refractivity contribution < 1.29 is 9.53 Å². The minimum absolute atomic E-state index is 0.101. The predicted molar refractivity (Wildman–Crippen MR) is 92.2 cm³/mol. The van der Waals surface area contributed by atoms with Crippen LogP contribution in [0.1, 0.15) is 30.1 Å². The number of anilines is 1. The van der Waals surface area contributed by atoms with Gasteiger partial charge >= 0.3 is 0 Å². The molecule has 1 aromatic carbocycles. The van der Waals surface area contributed by atoms with Gasteiger partial charge in [-0.15, -0.1) is 0 Å². The lowest BCUT2D eigenvalue weighted by atomic mass is 10.0. The maximum atomic E-state index is 12.5. The van der Waals surface area contributed by atoms with Crippen LogP contribution in [0.15, 0.2) is 42.7 Å². The molecule has 126 valence electrons. The van der Waals surface area contributed by atoms with Crippen LogP contribution in [0.5, 0.6) is 5.88 Å². The van der Waals surface area contributed by atoms with Crippen LogP contribution in [-0.4, -0.2) is 46.5 Å². The first-order chi connectivity index (χ1) is 11.8. The first kappa shape index (κ1) is 16.2. The number of benzene rings is 1. The molecule has 1 aromatic heterocycles. The third-order valence-corrected chi connectivity index (χ3v) is 4.09. The summed E-state index contributed by atoms with van der Waals surface area (Å²) in [4.78, 5) is 22.9. The molecule has 0 spiro atoms. The van der Waals surface area contributed by atoms with Gasteiger partial charge in [0.1, 0.15) is 0 Å². The summed E-state index contributed by atoms with van der Waals surface area (Å²) in [6.07, 6.45) is 5.03. The average Bonchev–Trinajstić information content (AvgIpc) is 2.64. The Hall–Kier alpha value is -2.63. The van der Waals surface area contributed by atoms with Gasteiger partial charge in [0.05, 0.1) is 6.61 Å². The lowest BCUT2D eigenvalue weighted by Gasteiger charge is -2.32. The van der Waals surface area contributed by atoms with E-state index in [1.165, 1.54) is 0 Å². The van der Waals surface area contributed by atoms with Gasteiger partial charge in [0.15, 0.2) is 5.82 Å². The number of piperidine rings is 1. The molecule has 1 saturated heterocycles. The van der Waals surface area contributed by atoms with Gasteiger partial charge in [0.25, 0.3) is 11.8 Å². The van der Waals surface area contributed by atoms with Gasteiger partial charge in [-0.05, 0) is 31.9 Å². The Morgan fingerprint density at radius 1 is 1.21 bits per heavy atom. The Kier molecular flexibility index (Phi) is 5.25. The molecule has 0 saturated carbocycles. The van der Waals surface area contributed by atoms with Crippen molar-refractivity contribution in [3.63, 3.8) is 0 Å². The average molecular weight is 326 g/mol. The van der Waals surface area contributed by atoms with Crippen molar-refractivity contribution in [2.45, 2.75) is 25.8 Å². The molecule has 1 fully saturated rings. The van der Waals surface area contributed by atoms with Gasteiger partial charge in [-0.2, -0.15) is 0 Å². The minimum atomic E-state index is 0.101. The molecule has 1 amide bonds. The van der Waals surface area contributed by atoms with Crippen LogP contribution in [0.4, 0.5) is 5.82 Å². The molecule has 0 aliphatic carbocycles. The summed E-state index contributed by atoms with van der Waals surface area (Å²) >= 11 is 0. The Morgan fingerprint density at radius 2 is 1.92 bits per heavy atom. The smallest absolute Gasteiger partial charge is 0.257 e. The molecule has 0 radical (unpaired) electrons. The van der Waals surface area contributed by atoms with Crippen molar-refractivity contribution in [1.82, 2.24) is 14.9 Å². The summed E-state index contributed by atoms with van der Waals surface area (Å²) in [5, 5.41) is 3.40. The van der Waals surface area contributed by atoms with Gasteiger partial charge in [0, 0.05) is 37.1 Å². The monoisotopic (exact) mass is 326 g/mol. The van der Waals surface area contributed by atoms with Crippen molar-refractivity contribution >= 4 is 11.7 Å². The normalized spacial score (nSPS) is 15.1. The standard InChI is InChI=1S/C18H22N4O2/c1-2-24-17-16(19-10-11-20-17)21-15-8-12-22(13-9-15)18(23)14-6-4-3-5-7-14/h3-7,10-11,15H,2,8-9,12-13H2,1H3,(H,19,21). The number of amides is 1. The number of nitrogens with one attached hydrogen (secondary N) is 1. The molecule has 0 unspecified atom stereocenters. The van der Waals surface area contributed by atoms with Crippen molar-refractivity contribution in [2.24, 2.45) is 0 Å². The zero-order valence-corrected chi connectivity index (χ0v) is 13.8. The van der Waals surface area contributed by atoms with Crippen LogP contribution in [0.2, 0.25) is 0 Å². The van der Waals surface area contributed by atoms with Crippen molar-refractivity contribution in [2.75, 3.05) is 25.0 Å². The highest BCUT2D eigenvalue weighted by atomic mass is 16.5. The van der Waals surface area contributed by atoms with Gasteiger partial charge < -0.3 is 15.0 Å². The first-order valence-electron chi connectivity index (χ1n) is 8.32. The molecular formula is C18H22N4O2. The highest BCUT2D eigenvalue weighted by molar-refractivity contribution is 5.94. The molecular weight excluding hydrogens is 304 g/mol. The minimum Gasteiger partial charge on any atom is -0.475 e. The lowest BCUT2D eigenvalue weighted by molar-refractivity contribution is 0.0718. The van der Waals surface area contributed by atoms with Gasteiger partial charge in [-0.25, -0.2) is 9.97 Å². The third kappa shape index (κ3) is 3.82. The maximum Gasteiger partial charge on any atom is 0.257 e. The van der Waals surface area contributed by atoms with E-state index in [-0.39, 0.29) is 11.9 Å². The quantitative estimate of drug-likeness (QED) is 0.915. The number of hydrogen-bond donors (Lipinski definition) is 1. The van der Waals surface area contributed by atoms with E-state index in [0.29, 0.717) is 18.3 Å². The van der Waals surface area contributed by atoms with Gasteiger partial charge in [0.2, 0.25) is 0 Å². The van der Waals surface area contributed by atoms with Gasteiger partial charge in [-0.1, -0.05) is 18.2 Å². The number of carbonyl (C=O) groups is 1. The van der Waals surface area contributed by atoms with Crippen LogP contribution in [-0.2, 0) is 0 Å². The fraction of sp³-hybridized carbons (Fsp3) is 0.389. The summed E-state index contributed by atoms with van der Waals surface area (Å²) in [6.45, 7) is 3.94. The number of carbonyl (C=O) groups excluding carboxylic acids is 1. The van der Waals surface area contributed by atoms with E-state index >= 15 is 0 Å². The van der Waals surface area contributed by atoms with Crippen LogP contribution < -0.4 is 10.1 Å². The van der Waals surface area contributed by atoms with Crippen LogP contribution >= 0.6 is 0 Å². The SMILES string of the molecule is CCOc1nccnc1NC1CCN(C(=O)c2ccccc2)CC1. The second kappa shape index (κ2) is 7.77. The molecule has 1 N–H and O–H groups in total. The summed E-state index contributed by atoms with van der Waals surface area (Å²) in [7, 11) is 0. The fourth-order valence-corrected chi connectivity index (χ4v) is 2.85. The number of ether oxygens (including phenoxy) is 1. The van der Waals surface area contributed by atoms with Crippen LogP contribution in [0.25, 0.3) is 0 Å². The number of nitrogens with zero attached hydrogens (tertiary/aromatic N) is 3. The van der Waals surface area contributed by atoms with Crippen LogP contribution in [0.3, 0.4) is 0 Å². The maximum absolute atomic E-state index is 12.5. The lowest BCUT2D eigenvalue weighted by Crippen LogP contribution is -2.42. The van der Waals surface area contributed by atoms with Crippen molar-refractivity contribution in [3.05, 3.63) is 48.3 Å².